The fourth-order valence-corrected chi connectivity index (χ4v) is 3.34. The molecular formula is C17H19NO2. The fourth-order valence-electron chi connectivity index (χ4n) is 3.34. The lowest BCUT2D eigenvalue weighted by Crippen LogP contribution is -2.17. The van der Waals surface area contributed by atoms with Gasteiger partial charge in [-0.15, -0.1) is 0 Å². The monoisotopic (exact) mass is 269 g/mol. The zero-order chi connectivity index (χ0) is 13.9. The summed E-state index contributed by atoms with van der Waals surface area (Å²) in [5.41, 5.74) is 1.60. The van der Waals surface area contributed by atoms with Crippen molar-refractivity contribution in [2.45, 2.75) is 25.7 Å². The lowest BCUT2D eigenvalue weighted by molar-refractivity contribution is -0.118. The molecule has 0 radical (unpaired) electrons. The zero-order valence-electron chi connectivity index (χ0n) is 11.4. The third-order valence-corrected chi connectivity index (χ3v) is 4.35. The highest BCUT2D eigenvalue weighted by molar-refractivity contribution is 5.96. The molecule has 2 fully saturated rings. The van der Waals surface area contributed by atoms with Crippen LogP contribution in [0.5, 0.6) is 0 Å². The fraction of sp³-hybridized carbons (Fsp3) is 0.471. The summed E-state index contributed by atoms with van der Waals surface area (Å²) in [7, 11) is 0. The quantitative estimate of drug-likeness (QED) is 0.828. The van der Waals surface area contributed by atoms with Gasteiger partial charge in [0.1, 0.15) is 0 Å². The Morgan fingerprint density at radius 2 is 2.05 bits per heavy atom. The number of anilines is 1. The molecule has 3 rings (SSSR count). The predicted octanol–water partition coefficient (Wildman–Crippen LogP) is 2.41. The van der Waals surface area contributed by atoms with Crippen molar-refractivity contribution >= 4 is 11.6 Å². The number of para-hydroxylation sites is 1. The maximum Gasteiger partial charge on any atom is 0.228 e. The van der Waals surface area contributed by atoms with E-state index in [-0.39, 0.29) is 18.4 Å². The molecule has 2 atom stereocenters. The molecule has 1 aromatic carbocycles. The Labute approximate surface area is 119 Å². The van der Waals surface area contributed by atoms with Crippen molar-refractivity contribution in [3.8, 4) is 11.8 Å². The molecule has 2 N–H and O–H groups in total. The maximum absolute atomic E-state index is 12.3. The van der Waals surface area contributed by atoms with Crippen molar-refractivity contribution in [2.24, 2.45) is 17.8 Å². The predicted molar refractivity (Wildman–Crippen MR) is 78.0 cm³/mol. The molecule has 0 aromatic heterocycles. The van der Waals surface area contributed by atoms with Crippen LogP contribution in [0.15, 0.2) is 24.3 Å². The molecule has 2 aliphatic carbocycles. The second-order valence-electron chi connectivity index (χ2n) is 5.59. The Morgan fingerprint density at radius 1 is 1.30 bits per heavy atom. The molecule has 20 heavy (non-hydrogen) atoms. The molecule has 0 aliphatic heterocycles. The minimum absolute atomic E-state index is 0.0625. The number of carbonyl (C=O) groups is 1. The Morgan fingerprint density at radius 3 is 2.80 bits per heavy atom. The average molecular weight is 269 g/mol. The van der Waals surface area contributed by atoms with Gasteiger partial charge in [-0.3, -0.25) is 4.79 Å². The molecule has 0 heterocycles. The number of benzene rings is 1. The van der Waals surface area contributed by atoms with Crippen LogP contribution in [0.1, 0.15) is 31.2 Å². The Hall–Kier alpha value is -1.79. The maximum atomic E-state index is 12.3. The summed E-state index contributed by atoms with van der Waals surface area (Å²) in [5, 5.41) is 11.8. The first-order valence-electron chi connectivity index (χ1n) is 7.31. The summed E-state index contributed by atoms with van der Waals surface area (Å²) in [5.74, 6) is 7.53. The third kappa shape index (κ3) is 2.57. The molecule has 3 heteroatoms. The SMILES string of the molecule is O=C(Nc1ccccc1C#CCCO)C1C2CCCC21. The molecular weight excluding hydrogens is 250 g/mol. The topological polar surface area (TPSA) is 49.3 Å². The van der Waals surface area contributed by atoms with Crippen molar-refractivity contribution in [1.82, 2.24) is 0 Å². The first-order valence-corrected chi connectivity index (χ1v) is 7.31. The van der Waals surface area contributed by atoms with Crippen LogP contribution in [0.4, 0.5) is 5.69 Å². The minimum Gasteiger partial charge on any atom is -0.395 e. The number of aliphatic hydroxyl groups is 1. The van der Waals surface area contributed by atoms with Crippen LogP contribution in [-0.2, 0) is 4.79 Å². The van der Waals surface area contributed by atoms with Crippen LogP contribution in [0.25, 0.3) is 0 Å². The lowest BCUT2D eigenvalue weighted by Gasteiger charge is -2.08. The van der Waals surface area contributed by atoms with Crippen molar-refractivity contribution in [3.63, 3.8) is 0 Å². The molecule has 3 nitrogen and oxygen atoms in total. The van der Waals surface area contributed by atoms with Gasteiger partial charge < -0.3 is 10.4 Å². The number of hydrogen-bond acceptors (Lipinski definition) is 2. The molecule has 2 unspecified atom stereocenters. The van der Waals surface area contributed by atoms with E-state index in [0.717, 1.165) is 11.3 Å². The first-order chi connectivity index (χ1) is 9.81. The molecule has 1 amide bonds. The summed E-state index contributed by atoms with van der Waals surface area (Å²) in [4.78, 5) is 12.3. The van der Waals surface area contributed by atoms with Gasteiger partial charge in [-0.05, 0) is 36.8 Å². The highest BCUT2D eigenvalue weighted by Gasteiger charge is 2.56. The normalized spacial score (nSPS) is 26.4. The van der Waals surface area contributed by atoms with E-state index in [9.17, 15) is 4.79 Å². The van der Waals surface area contributed by atoms with Crippen LogP contribution < -0.4 is 5.32 Å². The first kappa shape index (κ1) is 13.2. The van der Waals surface area contributed by atoms with Gasteiger partial charge in [0.15, 0.2) is 0 Å². The molecule has 2 aliphatic rings. The number of nitrogens with one attached hydrogen (secondary N) is 1. The summed E-state index contributed by atoms with van der Waals surface area (Å²) in [6.45, 7) is 0.0625. The van der Waals surface area contributed by atoms with Crippen LogP contribution >= 0.6 is 0 Å². The highest BCUT2D eigenvalue weighted by atomic mass is 16.2. The molecule has 0 bridgehead atoms. The largest absolute Gasteiger partial charge is 0.395 e. The van der Waals surface area contributed by atoms with Gasteiger partial charge in [0.25, 0.3) is 0 Å². The Bertz CT molecular complexity index is 560. The Balaban J connectivity index is 1.68. The van der Waals surface area contributed by atoms with E-state index < -0.39 is 0 Å². The van der Waals surface area contributed by atoms with Crippen molar-refractivity contribution in [3.05, 3.63) is 29.8 Å². The van der Waals surface area contributed by atoms with E-state index >= 15 is 0 Å². The van der Waals surface area contributed by atoms with Crippen molar-refractivity contribution < 1.29 is 9.90 Å². The summed E-state index contributed by atoms with van der Waals surface area (Å²) in [6, 6.07) is 7.60. The number of aliphatic hydroxyl groups excluding tert-OH is 1. The molecule has 0 saturated heterocycles. The van der Waals surface area contributed by atoms with Crippen molar-refractivity contribution in [2.75, 3.05) is 11.9 Å². The molecule has 0 spiro atoms. The van der Waals surface area contributed by atoms with Crippen LogP contribution in [0, 0.1) is 29.6 Å². The molecule has 2 saturated carbocycles. The summed E-state index contributed by atoms with van der Waals surface area (Å²) >= 11 is 0. The smallest absolute Gasteiger partial charge is 0.228 e. The zero-order valence-corrected chi connectivity index (χ0v) is 11.4. The van der Waals surface area contributed by atoms with Crippen LogP contribution in [-0.4, -0.2) is 17.6 Å². The van der Waals surface area contributed by atoms with E-state index in [0.29, 0.717) is 18.3 Å². The van der Waals surface area contributed by atoms with Gasteiger partial charge in [-0.1, -0.05) is 30.4 Å². The van der Waals surface area contributed by atoms with Gasteiger partial charge in [-0.2, -0.15) is 0 Å². The number of hydrogen-bond donors (Lipinski definition) is 2. The van der Waals surface area contributed by atoms with E-state index in [1.165, 1.54) is 19.3 Å². The van der Waals surface area contributed by atoms with Gasteiger partial charge in [0.05, 0.1) is 12.3 Å². The molecule has 1 aromatic rings. The standard InChI is InChI=1S/C17H19NO2/c19-11-4-3-7-12-6-1-2-10-15(12)18-17(20)16-13-8-5-9-14(13)16/h1-2,6,10,13-14,16,19H,4-5,8-9,11H2,(H,18,20). The van der Waals surface area contributed by atoms with Crippen molar-refractivity contribution in [1.29, 1.82) is 0 Å². The summed E-state index contributed by atoms with van der Waals surface area (Å²) < 4.78 is 0. The second kappa shape index (κ2) is 5.68. The Kier molecular flexibility index (Phi) is 3.75. The van der Waals surface area contributed by atoms with Crippen LogP contribution in [0.3, 0.4) is 0 Å². The van der Waals surface area contributed by atoms with Gasteiger partial charge >= 0.3 is 0 Å². The van der Waals surface area contributed by atoms with E-state index in [1.54, 1.807) is 0 Å². The van der Waals surface area contributed by atoms with E-state index in [4.69, 9.17) is 5.11 Å². The number of carbonyl (C=O) groups excluding carboxylic acids is 1. The molecule has 104 valence electrons. The second-order valence-corrected chi connectivity index (χ2v) is 5.59. The van der Waals surface area contributed by atoms with Crippen LogP contribution in [0.2, 0.25) is 0 Å². The summed E-state index contributed by atoms with van der Waals surface area (Å²) in [6.07, 6.45) is 4.15. The van der Waals surface area contributed by atoms with Gasteiger partial charge in [0, 0.05) is 17.9 Å². The highest BCUT2D eigenvalue weighted by Crippen LogP contribution is 2.57. The lowest BCUT2D eigenvalue weighted by atomic mass is 10.1. The number of fused-ring (bicyclic) bond motifs is 1. The number of rotatable bonds is 3. The third-order valence-electron chi connectivity index (χ3n) is 4.35. The van der Waals surface area contributed by atoms with Gasteiger partial charge in [0.2, 0.25) is 5.91 Å². The average Bonchev–Trinajstić information content (AvgIpc) is 2.95. The number of amides is 1. The van der Waals surface area contributed by atoms with Gasteiger partial charge in [-0.25, -0.2) is 0 Å². The minimum atomic E-state index is 0.0625. The van der Waals surface area contributed by atoms with E-state index in [2.05, 4.69) is 17.2 Å². The van der Waals surface area contributed by atoms with E-state index in [1.807, 2.05) is 24.3 Å².